The summed E-state index contributed by atoms with van der Waals surface area (Å²) >= 11 is 0. The third-order valence-electron chi connectivity index (χ3n) is 4.74. The molecule has 1 N–H and O–H groups in total. The van der Waals surface area contributed by atoms with Gasteiger partial charge in [0.2, 0.25) is 0 Å². The molecule has 0 spiro atoms. The van der Waals surface area contributed by atoms with Crippen LogP contribution in [0.3, 0.4) is 0 Å². The molecule has 0 radical (unpaired) electrons. The standard InChI is InChI=1S/C19H26N4O/c1-13-16-10-11-23(12-17(16)22(5)21-13)18(24)20-15-8-6-14(7-9-15)19(2,3)4/h6-9H,10-12H2,1-5H3,(H,20,24). The summed E-state index contributed by atoms with van der Waals surface area (Å²) in [5, 5.41) is 7.47. The van der Waals surface area contributed by atoms with Crippen LogP contribution in [-0.4, -0.2) is 27.3 Å². The molecule has 5 heteroatoms. The SMILES string of the molecule is Cc1nn(C)c2c1CCN(C(=O)Nc1ccc(C(C)(C)C)cc1)C2. The molecular formula is C19H26N4O. The van der Waals surface area contributed by atoms with Gasteiger partial charge in [-0.05, 0) is 42.0 Å². The average Bonchev–Trinajstić information content (AvgIpc) is 2.81. The van der Waals surface area contributed by atoms with Crippen molar-refractivity contribution in [3.8, 4) is 0 Å². The lowest BCUT2D eigenvalue weighted by Gasteiger charge is -2.28. The summed E-state index contributed by atoms with van der Waals surface area (Å²) < 4.78 is 1.89. The lowest BCUT2D eigenvalue weighted by molar-refractivity contribution is 0.204. The minimum absolute atomic E-state index is 0.0528. The number of urea groups is 1. The molecule has 24 heavy (non-hydrogen) atoms. The van der Waals surface area contributed by atoms with Crippen LogP contribution in [0.2, 0.25) is 0 Å². The smallest absolute Gasteiger partial charge is 0.318 e. The molecule has 1 aromatic carbocycles. The molecule has 3 rings (SSSR count). The van der Waals surface area contributed by atoms with E-state index >= 15 is 0 Å². The number of amides is 2. The van der Waals surface area contributed by atoms with Crippen molar-refractivity contribution in [2.75, 3.05) is 11.9 Å². The van der Waals surface area contributed by atoms with E-state index in [-0.39, 0.29) is 11.4 Å². The second-order valence-corrected chi connectivity index (χ2v) is 7.56. The van der Waals surface area contributed by atoms with Crippen LogP contribution in [0.25, 0.3) is 0 Å². The summed E-state index contributed by atoms with van der Waals surface area (Å²) in [6.07, 6.45) is 0.866. The third-order valence-corrected chi connectivity index (χ3v) is 4.74. The fourth-order valence-electron chi connectivity index (χ4n) is 3.21. The Hall–Kier alpha value is -2.30. The van der Waals surface area contributed by atoms with Crippen molar-refractivity contribution in [3.05, 3.63) is 46.8 Å². The van der Waals surface area contributed by atoms with Crippen molar-refractivity contribution in [1.29, 1.82) is 0 Å². The Kier molecular flexibility index (Phi) is 4.11. The molecule has 0 fully saturated rings. The largest absolute Gasteiger partial charge is 0.322 e. The molecular weight excluding hydrogens is 300 g/mol. The van der Waals surface area contributed by atoms with Gasteiger partial charge in [-0.1, -0.05) is 32.9 Å². The van der Waals surface area contributed by atoms with E-state index < -0.39 is 0 Å². The summed E-state index contributed by atoms with van der Waals surface area (Å²) in [6.45, 7) is 9.92. The highest BCUT2D eigenvalue weighted by atomic mass is 16.2. The van der Waals surface area contributed by atoms with Gasteiger partial charge in [0.1, 0.15) is 0 Å². The highest BCUT2D eigenvalue weighted by molar-refractivity contribution is 5.89. The van der Waals surface area contributed by atoms with Gasteiger partial charge < -0.3 is 10.2 Å². The Labute approximate surface area is 143 Å². The van der Waals surface area contributed by atoms with Gasteiger partial charge in [-0.2, -0.15) is 5.10 Å². The number of carbonyl (C=O) groups excluding carboxylic acids is 1. The number of benzene rings is 1. The van der Waals surface area contributed by atoms with Crippen molar-refractivity contribution in [1.82, 2.24) is 14.7 Å². The molecule has 5 nitrogen and oxygen atoms in total. The molecule has 2 aromatic rings. The zero-order chi connectivity index (χ0) is 17.5. The molecule has 0 saturated carbocycles. The molecule has 1 aliphatic rings. The normalized spacial score (nSPS) is 14.5. The maximum atomic E-state index is 12.6. The van der Waals surface area contributed by atoms with Crippen LogP contribution in [0.4, 0.5) is 10.5 Å². The molecule has 1 aliphatic heterocycles. The van der Waals surface area contributed by atoms with Gasteiger partial charge in [0.15, 0.2) is 0 Å². The Bertz CT molecular complexity index is 753. The second kappa shape index (κ2) is 5.96. The summed E-state index contributed by atoms with van der Waals surface area (Å²) in [6, 6.07) is 8.05. The average molecular weight is 326 g/mol. The van der Waals surface area contributed by atoms with Crippen LogP contribution in [0.15, 0.2) is 24.3 Å². The summed E-state index contributed by atoms with van der Waals surface area (Å²) in [7, 11) is 1.94. The first-order valence-corrected chi connectivity index (χ1v) is 8.43. The number of fused-ring (bicyclic) bond motifs is 1. The topological polar surface area (TPSA) is 50.2 Å². The zero-order valence-electron chi connectivity index (χ0n) is 15.2. The van der Waals surface area contributed by atoms with Gasteiger partial charge in [-0.3, -0.25) is 4.68 Å². The van der Waals surface area contributed by atoms with E-state index in [9.17, 15) is 4.79 Å². The van der Waals surface area contributed by atoms with Crippen molar-refractivity contribution in [3.63, 3.8) is 0 Å². The van der Waals surface area contributed by atoms with Crippen molar-refractivity contribution < 1.29 is 4.79 Å². The Morgan fingerprint density at radius 1 is 1.21 bits per heavy atom. The fourth-order valence-corrected chi connectivity index (χ4v) is 3.21. The summed E-state index contributed by atoms with van der Waals surface area (Å²) in [4.78, 5) is 14.4. The number of hydrogen-bond donors (Lipinski definition) is 1. The highest BCUT2D eigenvalue weighted by Crippen LogP contribution is 2.25. The lowest BCUT2D eigenvalue weighted by atomic mass is 9.87. The first-order valence-electron chi connectivity index (χ1n) is 8.43. The van der Waals surface area contributed by atoms with E-state index in [1.165, 1.54) is 11.1 Å². The van der Waals surface area contributed by atoms with Crippen LogP contribution < -0.4 is 5.32 Å². The van der Waals surface area contributed by atoms with Gasteiger partial charge in [0.25, 0.3) is 0 Å². The van der Waals surface area contributed by atoms with Crippen LogP contribution in [0.5, 0.6) is 0 Å². The highest BCUT2D eigenvalue weighted by Gasteiger charge is 2.25. The van der Waals surface area contributed by atoms with Crippen molar-refractivity contribution in [2.24, 2.45) is 7.05 Å². The minimum Gasteiger partial charge on any atom is -0.318 e. The van der Waals surface area contributed by atoms with Gasteiger partial charge >= 0.3 is 6.03 Å². The molecule has 128 valence electrons. The number of hydrogen-bond acceptors (Lipinski definition) is 2. The van der Waals surface area contributed by atoms with Crippen molar-refractivity contribution >= 4 is 11.7 Å². The molecule has 1 aromatic heterocycles. The Morgan fingerprint density at radius 3 is 2.50 bits per heavy atom. The Balaban J connectivity index is 1.69. The van der Waals surface area contributed by atoms with E-state index in [1.54, 1.807) is 0 Å². The monoisotopic (exact) mass is 326 g/mol. The predicted octanol–water partition coefficient (Wildman–Crippen LogP) is 3.62. The first-order chi connectivity index (χ1) is 11.3. The van der Waals surface area contributed by atoms with Crippen LogP contribution in [0, 0.1) is 6.92 Å². The summed E-state index contributed by atoms with van der Waals surface area (Å²) in [5.41, 5.74) is 5.70. The van der Waals surface area contributed by atoms with E-state index in [1.807, 2.05) is 35.7 Å². The Morgan fingerprint density at radius 2 is 1.88 bits per heavy atom. The van der Waals surface area contributed by atoms with Gasteiger partial charge in [-0.15, -0.1) is 0 Å². The molecule has 2 heterocycles. The number of aromatic nitrogens is 2. The maximum Gasteiger partial charge on any atom is 0.322 e. The molecule has 0 aliphatic carbocycles. The minimum atomic E-state index is -0.0528. The first kappa shape index (κ1) is 16.6. The van der Waals surface area contributed by atoms with E-state index in [2.05, 4.69) is 43.3 Å². The molecule has 2 amide bonds. The number of carbonyl (C=O) groups is 1. The predicted molar refractivity (Wildman–Crippen MR) is 96.2 cm³/mol. The molecule has 0 atom stereocenters. The van der Waals surface area contributed by atoms with E-state index in [4.69, 9.17) is 0 Å². The molecule has 0 unspecified atom stereocenters. The quantitative estimate of drug-likeness (QED) is 0.870. The van der Waals surface area contributed by atoms with Gasteiger partial charge in [-0.25, -0.2) is 4.79 Å². The number of nitrogens with one attached hydrogen (secondary N) is 1. The van der Waals surface area contributed by atoms with Crippen LogP contribution in [0.1, 0.15) is 43.3 Å². The molecule has 0 saturated heterocycles. The fraction of sp³-hybridized carbons (Fsp3) is 0.474. The van der Waals surface area contributed by atoms with Crippen LogP contribution in [-0.2, 0) is 25.4 Å². The van der Waals surface area contributed by atoms with Crippen LogP contribution >= 0.6 is 0 Å². The summed E-state index contributed by atoms with van der Waals surface area (Å²) in [5.74, 6) is 0. The number of anilines is 1. The number of aryl methyl sites for hydroxylation is 2. The lowest BCUT2D eigenvalue weighted by Crippen LogP contribution is -2.39. The van der Waals surface area contributed by atoms with Gasteiger partial charge in [0, 0.05) is 19.3 Å². The third kappa shape index (κ3) is 3.16. The second-order valence-electron chi connectivity index (χ2n) is 7.56. The van der Waals surface area contributed by atoms with Crippen molar-refractivity contribution in [2.45, 2.75) is 46.1 Å². The number of nitrogens with zero attached hydrogens (tertiary/aromatic N) is 3. The number of rotatable bonds is 1. The van der Waals surface area contributed by atoms with E-state index in [0.29, 0.717) is 6.54 Å². The van der Waals surface area contributed by atoms with Gasteiger partial charge in [0.05, 0.1) is 17.9 Å². The maximum absolute atomic E-state index is 12.6. The zero-order valence-corrected chi connectivity index (χ0v) is 15.2. The molecule has 0 bridgehead atoms. The van der Waals surface area contributed by atoms with E-state index in [0.717, 1.165) is 30.0 Å².